The van der Waals surface area contributed by atoms with Gasteiger partial charge in [-0.05, 0) is 69.2 Å². The van der Waals surface area contributed by atoms with Crippen LogP contribution < -0.4 is 10.1 Å². The number of nitrogens with zero attached hydrogens (tertiary/aromatic N) is 4. The van der Waals surface area contributed by atoms with Gasteiger partial charge in [0.15, 0.2) is 0 Å². The van der Waals surface area contributed by atoms with Gasteiger partial charge < -0.3 is 19.5 Å². The quantitative estimate of drug-likeness (QED) is 0.340. The van der Waals surface area contributed by atoms with Crippen LogP contribution in [0.3, 0.4) is 0 Å². The predicted molar refractivity (Wildman–Crippen MR) is 163 cm³/mol. The Morgan fingerprint density at radius 3 is 2.43 bits per heavy atom. The van der Waals surface area contributed by atoms with Crippen molar-refractivity contribution < 1.29 is 26.4 Å². The van der Waals surface area contributed by atoms with E-state index in [1.54, 1.807) is 6.20 Å². The third-order valence-corrected chi connectivity index (χ3v) is 11.0. The zero-order valence-corrected chi connectivity index (χ0v) is 25.7. The molecule has 0 unspecified atom stereocenters. The number of aromatic nitrogens is 3. The van der Waals surface area contributed by atoms with E-state index in [1.165, 1.54) is 12.5 Å². The van der Waals surface area contributed by atoms with E-state index in [9.17, 15) is 21.6 Å². The normalized spacial score (nSPS) is 20.5. The standard InChI is InChI=1S/C29H39N5O6S2/c1-41(36,37)20-4-19-40-26-6-3-5-25-24(26)14-18-34(25)27-11-15-30-29(32-27)31-22-9-7-21(8-10-22)28(35)33-16-12-23(13-17-33)42(2,38)39/h3,5-6,11,14-15,18,21-23H,4,7-10,12-13,16-17,19-20H2,1-2H3,(H,30,31,32). The summed E-state index contributed by atoms with van der Waals surface area (Å²) in [7, 11) is -6.08. The number of carbonyl (C=O) groups is 1. The molecule has 1 saturated carbocycles. The molecule has 1 aliphatic heterocycles. The Kier molecular flexibility index (Phi) is 9.07. The first-order chi connectivity index (χ1) is 20.0. The first-order valence-electron chi connectivity index (χ1n) is 14.5. The molecular formula is C29H39N5O6S2. The molecule has 1 saturated heterocycles. The molecule has 3 aromatic rings. The summed E-state index contributed by atoms with van der Waals surface area (Å²) in [6.07, 6.45) is 10.8. The van der Waals surface area contributed by atoms with Gasteiger partial charge in [0.2, 0.25) is 11.9 Å². The minimum atomic E-state index is -3.06. The van der Waals surface area contributed by atoms with E-state index >= 15 is 0 Å². The lowest BCUT2D eigenvalue weighted by molar-refractivity contribution is -0.137. The van der Waals surface area contributed by atoms with Crippen LogP contribution in [0, 0.1) is 5.92 Å². The smallest absolute Gasteiger partial charge is 0.225 e. The maximum Gasteiger partial charge on any atom is 0.225 e. The lowest BCUT2D eigenvalue weighted by atomic mass is 9.85. The number of rotatable bonds is 10. The molecule has 1 amide bonds. The third-order valence-electron chi connectivity index (χ3n) is 8.27. The number of fused-ring (bicyclic) bond motifs is 1. The van der Waals surface area contributed by atoms with Crippen molar-refractivity contribution in [3.63, 3.8) is 0 Å². The third kappa shape index (κ3) is 7.41. The molecule has 42 heavy (non-hydrogen) atoms. The second-order valence-corrected chi connectivity index (χ2v) is 16.1. The molecule has 3 heterocycles. The second kappa shape index (κ2) is 12.6. The number of amides is 1. The highest BCUT2D eigenvalue weighted by molar-refractivity contribution is 7.91. The average Bonchev–Trinajstić information content (AvgIpc) is 3.40. The van der Waals surface area contributed by atoms with Crippen LogP contribution in [0.5, 0.6) is 5.75 Å². The molecule has 2 aromatic heterocycles. The molecule has 1 aromatic carbocycles. The van der Waals surface area contributed by atoms with Crippen LogP contribution in [0.2, 0.25) is 0 Å². The number of carbonyl (C=O) groups excluding carboxylic acids is 1. The minimum absolute atomic E-state index is 0.0286. The summed E-state index contributed by atoms with van der Waals surface area (Å²) < 4.78 is 54.3. The summed E-state index contributed by atoms with van der Waals surface area (Å²) in [5.74, 6) is 2.14. The zero-order chi connectivity index (χ0) is 29.9. The number of nitrogens with one attached hydrogen (secondary N) is 1. The van der Waals surface area contributed by atoms with E-state index < -0.39 is 19.7 Å². The number of hydrogen-bond donors (Lipinski definition) is 1. The summed E-state index contributed by atoms with van der Waals surface area (Å²) >= 11 is 0. The van der Waals surface area contributed by atoms with E-state index in [2.05, 4.69) is 10.3 Å². The number of benzene rings is 1. The summed E-state index contributed by atoms with van der Waals surface area (Å²) in [5.41, 5.74) is 0.917. The lowest BCUT2D eigenvalue weighted by Crippen LogP contribution is -2.45. The van der Waals surface area contributed by atoms with Crippen LogP contribution in [0.1, 0.15) is 44.9 Å². The molecule has 228 valence electrons. The topological polar surface area (TPSA) is 141 Å². The van der Waals surface area contributed by atoms with E-state index in [4.69, 9.17) is 9.72 Å². The second-order valence-electron chi connectivity index (χ2n) is 11.5. The van der Waals surface area contributed by atoms with Gasteiger partial charge in [0.05, 0.1) is 23.1 Å². The fourth-order valence-corrected chi connectivity index (χ4v) is 7.66. The molecule has 0 bridgehead atoms. The Hall–Kier alpha value is -3.19. The largest absolute Gasteiger partial charge is 0.493 e. The summed E-state index contributed by atoms with van der Waals surface area (Å²) in [6.45, 7) is 1.34. The average molecular weight is 618 g/mol. The van der Waals surface area contributed by atoms with Gasteiger partial charge in [-0.15, -0.1) is 0 Å². The summed E-state index contributed by atoms with van der Waals surface area (Å²) in [5, 5.41) is 4.02. The highest BCUT2D eigenvalue weighted by Crippen LogP contribution is 2.31. The molecule has 11 nitrogen and oxygen atoms in total. The van der Waals surface area contributed by atoms with E-state index in [1.807, 2.05) is 46.0 Å². The highest BCUT2D eigenvalue weighted by Gasteiger charge is 2.33. The molecule has 1 N–H and O–H groups in total. The van der Waals surface area contributed by atoms with Gasteiger partial charge in [0, 0.05) is 55.3 Å². The first kappa shape index (κ1) is 30.3. The van der Waals surface area contributed by atoms with Gasteiger partial charge in [-0.25, -0.2) is 21.8 Å². The molecule has 1 aliphatic carbocycles. The monoisotopic (exact) mass is 617 g/mol. The zero-order valence-electron chi connectivity index (χ0n) is 24.1. The van der Waals surface area contributed by atoms with E-state index in [0.29, 0.717) is 56.5 Å². The number of hydrogen-bond acceptors (Lipinski definition) is 9. The van der Waals surface area contributed by atoms with Crippen molar-refractivity contribution in [3.8, 4) is 11.6 Å². The number of anilines is 1. The van der Waals surface area contributed by atoms with Crippen LogP contribution in [0.15, 0.2) is 42.7 Å². The van der Waals surface area contributed by atoms with Crippen LogP contribution in [-0.4, -0.2) is 91.4 Å². The summed E-state index contributed by atoms with van der Waals surface area (Å²) in [4.78, 5) is 24.1. The Bertz CT molecular complexity index is 1620. The van der Waals surface area contributed by atoms with Crippen LogP contribution >= 0.6 is 0 Å². The highest BCUT2D eigenvalue weighted by atomic mass is 32.2. The number of ether oxygens (including phenoxy) is 1. The van der Waals surface area contributed by atoms with Gasteiger partial charge in [0.1, 0.15) is 31.2 Å². The van der Waals surface area contributed by atoms with Crippen molar-refractivity contribution in [3.05, 3.63) is 42.7 Å². The van der Waals surface area contributed by atoms with Gasteiger partial charge >= 0.3 is 0 Å². The van der Waals surface area contributed by atoms with Gasteiger partial charge in [0.25, 0.3) is 0 Å². The SMILES string of the molecule is CS(=O)(=O)CCCOc1cccc2c1ccn2-c1ccnc(NC2CCC(C(=O)N3CCC(S(C)(=O)=O)CC3)CC2)n1. The molecule has 5 rings (SSSR count). The molecule has 13 heteroatoms. The van der Waals surface area contributed by atoms with Gasteiger partial charge in [-0.1, -0.05) is 6.07 Å². The fourth-order valence-electron chi connectivity index (χ4n) is 5.95. The Morgan fingerprint density at radius 2 is 1.74 bits per heavy atom. The number of likely N-dealkylation sites (tertiary alicyclic amines) is 1. The lowest BCUT2D eigenvalue weighted by Gasteiger charge is -2.36. The van der Waals surface area contributed by atoms with E-state index in [0.717, 1.165) is 36.6 Å². The van der Waals surface area contributed by atoms with Crippen LogP contribution in [0.4, 0.5) is 5.95 Å². The molecule has 2 aliphatic rings. The maximum absolute atomic E-state index is 13.1. The van der Waals surface area contributed by atoms with Crippen molar-refractivity contribution in [2.24, 2.45) is 5.92 Å². The summed E-state index contributed by atoms with van der Waals surface area (Å²) in [6, 6.07) is 9.71. The molecule has 2 fully saturated rings. The molecule has 0 spiro atoms. The minimum Gasteiger partial charge on any atom is -0.493 e. The maximum atomic E-state index is 13.1. The van der Waals surface area contributed by atoms with Crippen molar-refractivity contribution in [2.75, 3.05) is 43.3 Å². The van der Waals surface area contributed by atoms with Crippen molar-refractivity contribution in [2.45, 2.75) is 56.2 Å². The van der Waals surface area contributed by atoms with Crippen LogP contribution in [-0.2, 0) is 24.5 Å². The first-order valence-corrected chi connectivity index (χ1v) is 18.5. The Balaban J connectivity index is 1.17. The van der Waals surface area contributed by atoms with Gasteiger partial charge in [-0.2, -0.15) is 4.98 Å². The molecular weight excluding hydrogens is 578 g/mol. The molecule has 0 radical (unpaired) electrons. The van der Waals surface area contributed by atoms with Crippen molar-refractivity contribution in [1.82, 2.24) is 19.4 Å². The van der Waals surface area contributed by atoms with E-state index in [-0.39, 0.29) is 28.9 Å². The Labute approximate surface area is 247 Å². The van der Waals surface area contributed by atoms with Crippen LogP contribution in [0.25, 0.3) is 16.7 Å². The number of sulfone groups is 2. The fraction of sp³-hybridized carbons (Fsp3) is 0.552. The van der Waals surface area contributed by atoms with Gasteiger partial charge in [-0.3, -0.25) is 4.79 Å². The predicted octanol–water partition coefficient (Wildman–Crippen LogP) is 3.24. The molecule has 0 atom stereocenters. The van der Waals surface area contributed by atoms with Crippen molar-refractivity contribution in [1.29, 1.82) is 0 Å². The number of piperidine rings is 1. The Morgan fingerprint density at radius 1 is 1.00 bits per heavy atom. The van der Waals surface area contributed by atoms with Crippen molar-refractivity contribution >= 4 is 42.4 Å².